The molecule has 0 saturated carbocycles. The maximum Gasteiger partial charge on any atom is 0.105 e. The Morgan fingerprint density at radius 1 is 1.33 bits per heavy atom. The smallest absolute Gasteiger partial charge is 0.105 e. The minimum absolute atomic E-state index is 0. The normalized spacial score (nSPS) is 11.0. The van der Waals surface area contributed by atoms with E-state index in [4.69, 9.17) is 0 Å². The van der Waals surface area contributed by atoms with Gasteiger partial charge in [0.25, 0.3) is 0 Å². The van der Waals surface area contributed by atoms with Crippen LogP contribution >= 0.6 is 0 Å². The Balaban J connectivity index is 0.00000121. The van der Waals surface area contributed by atoms with Gasteiger partial charge in [-0.05, 0) is 13.0 Å². The molecule has 0 aliphatic rings. The molecule has 0 saturated heterocycles. The predicted octanol–water partition coefficient (Wildman–Crippen LogP) is -1.47. The van der Waals surface area contributed by atoms with E-state index in [1.165, 1.54) is 11.3 Å². The largest absolute Gasteiger partial charge is 1.00 e. The first-order chi connectivity index (χ1) is 4.97. The Hall–Kier alpha value is -0.0300. The molecule has 1 aromatic rings. The maximum absolute atomic E-state index is 3.18. The fourth-order valence-corrected chi connectivity index (χ4v) is 1.21. The number of quaternary nitrogens is 1. The van der Waals surface area contributed by atoms with Gasteiger partial charge in [-0.25, -0.2) is 0 Å². The molecule has 0 spiro atoms. The standard InChI is InChI=1S/C9H17N2.HI/c1-8-5-9(6-10-8)7-11(2,3)4;/h5-6,10H,7H2,1-4H3;1H/q+1;/p-1. The zero-order valence-corrected chi connectivity index (χ0v) is 10.3. The second-order valence-electron chi connectivity index (χ2n) is 4.14. The molecule has 2 nitrogen and oxygen atoms in total. The van der Waals surface area contributed by atoms with Crippen LogP contribution in [0.3, 0.4) is 0 Å². The zero-order valence-electron chi connectivity index (χ0n) is 8.19. The number of hydrogen-bond acceptors (Lipinski definition) is 0. The number of hydrogen-bond donors (Lipinski definition) is 1. The summed E-state index contributed by atoms with van der Waals surface area (Å²) in [6, 6.07) is 2.20. The van der Waals surface area contributed by atoms with Crippen molar-refractivity contribution in [3.8, 4) is 0 Å². The number of nitrogens with one attached hydrogen (secondary N) is 1. The summed E-state index contributed by atoms with van der Waals surface area (Å²) in [6.07, 6.45) is 2.08. The SMILES string of the molecule is Cc1cc(C[N+](C)(C)C)c[nH]1.[I-]. The molecule has 0 fully saturated rings. The summed E-state index contributed by atoms with van der Waals surface area (Å²) in [5, 5.41) is 0. The van der Waals surface area contributed by atoms with Crippen molar-refractivity contribution in [2.24, 2.45) is 0 Å². The molecule has 1 aromatic heterocycles. The summed E-state index contributed by atoms with van der Waals surface area (Å²) in [4.78, 5) is 3.18. The number of aromatic nitrogens is 1. The number of aryl methyl sites for hydroxylation is 1. The molecule has 0 unspecified atom stereocenters. The van der Waals surface area contributed by atoms with Gasteiger partial charge in [-0.2, -0.15) is 0 Å². The first kappa shape index (κ1) is 12.0. The highest BCUT2D eigenvalue weighted by atomic mass is 127. The van der Waals surface area contributed by atoms with Crippen molar-refractivity contribution in [1.82, 2.24) is 4.98 Å². The molecule has 1 N–H and O–H groups in total. The summed E-state index contributed by atoms with van der Waals surface area (Å²) < 4.78 is 0.983. The molecule has 1 rings (SSSR count). The van der Waals surface area contributed by atoms with Crippen molar-refractivity contribution < 1.29 is 28.5 Å². The molecule has 1 heterocycles. The highest BCUT2D eigenvalue weighted by Gasteiger charge is 2.08. The first-order valence-electron chi connectivity index (χ1n) is 3.92. The minimum atomic E-state index is 0. The van der Waals surface area contributed by atoms with Crippen LogP contribution in [0, 0.1) is 6.92 Å². The summed E-state index contributed by atoms with van der Waals surface area (Å²) in [5.41, 5.74) is 2.63. The van der Waals surface area contributed by atoms with E-state index in [1.807, 2.05) is 0 Å². The topological polar surface area (TPSA) is 15.8 Å². The number of rotatable bonds is 2. The lowest BCUT2D eigenvalue weighted by molar-refractivity contribution is -0.883. The van der Waals surface area contributed by atoms with Crippen LogP contribution in [0.2, 0.25) is 0 Å². The van der Waals surface area contributed by atoms with Gasteiger partial charge in [-0.1, -0.05) is 0 Å². The van der Waals surface area contributed by atoms with Gasteiger partial charge in [0.2, 0.25) is 0 Å². The molecule has 0 aromatic carbocycles. The lowest BCUT2D eigenvalue weighted by Crippen LogP contribution is -3.00. The van der Waals surface area contributed by atoms with E-state index in [-0.39, 0.29) is 24.0 Å². The van der Waals surface area contributed by atoms with Crippen LogP contribution in [0.1, 0.15) is 11.3 Å². The van der Waals surface area contributed by atoms with Crippen molar-refractivity contribution in [3.05, 3.63) is 23.5 Å². The third-order valence-electron chi connectivity index (χ3n) is 1.54. The van der Waals surface area contributed by atoms with Crippen LogP contribution < -0.4 is 24.0 Å². The van der Waals surface area contributed by atoms with Crippen molar-refractivity contribution in [2.45, 2.75) is 13.5 Å². The lowest BCUT2D eigenvalue weighted by Gasteiger charge is -2.22. The van der Waals surface area contributed by atoms with Crippen molar-refractivity contribution in [3.63, 3.8) is 0 Å². The van der Waals surface area contributed by atoms with Gasteiger partial charge in [0.1, 0.15) is 6.54 Å². The van der Waals surface area contributed by atoms with E-state index in [0.717, 1.165) is 11.0 Å². The maximum atomic E-state index is 3.18. The van der Waals surface area contributed by atoms with Crippen molar-refractivity contribution in [1.29, 1.82) is 0 Å². The number of H-pyrrole nitrogens is 1. The molecule has 0 amide bonds. The second-order valence-corrected chi connectivity index (χ2v) is 4.14. The van der Waals surface area contributed by atoms with Crippen LogP contribution in [0.25, 0.3) is 0 Å². The average molecular weight is 280 g/mol. The van der Waals surface area contributed by atoms with Gasteiger partial charge in [-0.3, -0.25) is 0 Å². The van der Waals surface area contributed by atoms with Gasteiger partial charge in [0.05, 0.1) is 21.1 Å². The Labute approximate surface area is 91.6 Å². The van der Waals surface area contributed by atoms with Gasteiger partial charge in [0.15, 0.2) is 0 Å². The number of halogens is 1. The molecular formula is C9H17IN2. The van der Waals surface area contributed by atoms with Crippen molar-refractivity contribution in [2.75, 3.05) is 21.1 Å². The monoisotopic (exact) mass is 280 g/mol. The molecule has 0 bridgehead atoms. The van der Waals surface area contributed by atoms with E-state index in [1.54, 1.807) is 0 Å². The lowest BCUT2D eigenvalue weighted by atomic mass is 10.3. The molecule has 70 valence electrons. The quantitative estimate of drug-likeness (QED) is 0.503. The molecular weight excluding hydrogens is 263 g/mol. The summed E-state index contributed by atoms with van der Waals surface area (Å²) in [7, 11) is 6.59. The molecule has 3 heteroatoms. The summed E-state index contributed by atoms with van der Waals surface area (Å²) >= 11 is 0. The molecule has 0 aliphatic carbocycles. The predicted molar refractivity (Wildman–Crippen MR) is 47.3 cm³/mol. The Morgan fingerprint density at radius 3 is 2.25 bits per heavy atom. The Kier molecular flexibility index (Phi) is 4.26. The minimum Gasteiger partial charge on any atom is -1.00 e. The zero-order chi connectivity index (χ0) is 8.48. The Morgan fingerprint density at radius 2 is 1.92 bits per heavy atom. The van der Waals surface area contributed by atoms with Gasteiger partial charge in [-0.15, -0.1) is 0 Å². The number of aromatic amines is 1. The summed E-state index contributed by atoms with van der Waals surface area (Å²) in [5.74, 6) is 0. The molecule has 0 radical (unpaired) electrons. The second kappa shape index (κ2) is 4.28. The average Bonchev–Trinajstić information content (AvgIpc) is 2.10. The first-order valence-corrected chi connectivity index (χ1v) is 3.92. The highest BCUT2D eigenvalue weighted by molar-refractivity contribution is 5.14. The van der Waals surface area contributed by atoms with Crippen LogP contribution in [0.15, 0.2) is 12.3 Å². The Bertz CT molecular complexity index is 235. The van der Waals surface area contributed by atoms with E-state index < -0.39 is 0 Å². The highest BCUT2D eigenvalue weighted by Crippen LogP contribution is 2.07. The van der Waals surface area contributed by atoms with Crippen LogP contribution in [0.5, 0.6) is 0 Å². The fraction of sp³-hybridized carbons (Fsp3) is 0.556. The van der Waals surface area contributed by atoms with Gasteiger partial charge in [0, 0.05) is 17.5 Å². The molecule has 0 aliphatic heterocycles. The third-order valence-corrected chi connectivity index (χ3v) is 1.54. The van der Waals surface area contributed by atoms with E-state index >= 15 is 0 Å². The van der Waals surface area contributed by atoms with E-state index in [9.17, 15) is 0 Å². The molecule has 0 atom stereocenters. The number of nitrogens with zero attached hydrogens (tertiary/aromatic N) is 1. The van der Waals surface area contributed by atoms with Gasteiger partial charge < -0.3 is 33.4 Å². The third kappa shape index (κ3) is 4.11. The van der Waals surface area contributed by atoms with E-state index in [0.29, 0.717) is 0 Å². The van der Waals surface area contributed by atoms with Crippen molar-refractivity contribution >= 4 is 0 Å². The van der Waals surface area contributed by atoms with Crippen LogP contribution in [-0.2, 0) is 6.54 Å². The van der Waals surface area contributed by atoms with Crippen LogP contribution in [-0.4, -0.2) is 30.6 Å². The molecule has 12 heavy (non-hydrogen) atoms. The fourth-order valence-electron chi connectivity index (χ4n) is 1.21. The van der Waals surface area contributed by atoms with Crippen LogP contribution in [0.4, 0.5) is 0 Å². The summed E-state index contributed by atoms with van der Waals surface area (Å²) in [6.45, 7) is 3.17. The van der Waals surface area contributed by atoms with Gasteiger partial charge >= 0.3 is 0 Å². The van der Waals surface area contributed by atoms with E-state index in [2.05, 4.69) is 45.3 Å².